The van der Waals surface area contributed by atoms with Crippen LogP contribution in [0.3, 0.4) is 0 Å². The molecule has 1 aliphatic heterocycles. The molecule has 4 nitrogen and oxygen atoms in total. The van der Waals surface area contributed by atoms with Crippen LogP contribution in [-0.4, -0.2) is 44.8 Å². The summed E-state index contributed by atoms with van der Waals surface area (Å²) in [7, 11) is 1.72. The van der Waals surface area contributed by atoms with Crippen LogP contribution in [0.2, 0.25) is 0 Å². The zero-order valence-electron chi connectivity index (χ0n) is 14.1. The van der Waals surface area contributed by atoms with Gasteiger partial charge >= 0.3 is 0 Å². The van der Waals surface area contributed by atoms with Crippen LogP contribution in [0.25, 0.3) is 0 Å². The summed E-state index contributed by atoms with van der Waals surface area (Å²) in [5.74, 6) is 1.71. The SMILES string of the molecule is CCCCCCOc1ccc(CN2CCNCC2)cc1OC. The minimum absolute atomic E-state index is 0.771. The Morgan fingerprint density at radius 2 is 1.91 bits per heavy atom. The lowest BCUT2D eigenvalue weighted by Crippen LogP contribution is -2.42. The summed E-state index contributed by atoms with van der Waals surface area (Å²) in [6.45, 7) is 8.35. The average Bonchev–Trinajstić information content (AvgIpc) is 2.56. The van der Waals surface area contributed by atoms with E-state index in [9.17, 15) is 0 Å². The van der Waals surface area contributed by atoms with E-state index in [0.29, 0.717) is 0 Å². The number of hydrogen-bond acceptors (Lipinski definition) is 4. The highest BCUT2D eigenvalue weighted by atomic mass is 16.5. The van der Waals surface area contributed by atoms with Crippen molar-refractivity contribution >= 4 is 0 Å². The summed E-state index contributed by atoms with van der Waals surface area (Å²) in [5.41, 5.74) is 1.29. The zero-order chi connectivity index (χ0) is 15.6. The highest BCUT2D eigenvalue weighted by Crippen LogP contribution is 2.28. The Balaban J connectivity index is 1.86. The van der Waals surface area contributed by atoms with Gasteiger partial charge < -0.3 is 14.8 Å². The van der Waals surface area contributed by atoms with Crippen LogP contribution in [0.5, 0.6) is 11.5 Å². The molecule has 1 aromatic carbocycles. The first-order valence-electron chi connectivity index (χ1n) is 8.56. The quantitative estimate of drug-likeness (QED) is 0.711. The first-order chi connectivity index (χ1) is 10.8. The Hall–Kier alpha value is -1.26. The van der Waals surface area contributed by atoms with Gasteiger partial charge in [-0.25, -0.2) is 0 Å². The van der Waals surface area contributed by atoms with E-state index in [2.05, 4.69) is 35.3 Å². The monoisotopic (exact) mass is 306 g/mol. The molecule has 0 unspecified atom stereocenters. The molecule has 2 rings (SSSR count). The molecular formula is C18H30N2O2. The standard InChI is InChI=1S/C18H30N2O2/c1-3-4-5-6-13-22-17-8-7-16(14-18(17)21-2)15-20-11-9-19-10-12-20/h7-8,14,19H,3-6,9-13,15H2,1-2H3. The van der Waals surface area contributed by atoms with Gasteiger partial charge in [0.1, 0.15) is 0 Å². The number of benzene rings is 1. The molecule has 22 heavy (non-hydrogen) atoms. The smallest absolute Gasteiger partial charge is 0.161 e. The lowest BCUT2D eigenvalue weighted by Gasteiger charge is -2.27. The van der Waals surface area contributed by atoms with Crippen molar-refractivity contribution in [3.8, 4) is 11.5 Å². The fourth-order valence-corrected chi connectivity index (χ4v) is 2.77. The Bertz CT molecular complexity index is 431. The van der Waals surface area contributed by atoms with Crippen LogP contribution >= 0.6 is 0 Å². The third-order valence-electron chi connectivity index (χ3n) is 4.10. The summed E-state index contributed by atoms with van der Waals surface area (Å²) in [6.07, 6.45) is 4.88. The fraction of sp³-hybridized carbons (Fsp3) is 0.667. The lowest BCUT2D eigenvalue weighted by atomic mass is 10.1. The number of unbranched alkanes of at least 4 members (excludes halogenated alkanes) is 3. The van der Waals surface area contributed by atoms with E-state index >= 15 is 0 Å². The molecule has 4 heteroatoms. The number of nitrogens with one attached hydrogen (secondary N) is 1. The van der Waals surface area contributed by atoms with Gasteiger partial charge in [-0.3, -0.25) is 4.90 Å². The maximum absolute atomic E-state index is 5.87. The minimum Gasteiger partial charge on any atom is -0.493 e. The molecule has 124 valence electrons. The molecular weight excluding hydrogens is 276 g/mol. The van der Waals surface area contributed by atoms with Crippen LogP contribution in [0.1, 0.15) is 38.2 Å². The molecule has 1 aliphatic rings. The molecule has 0 radical (unpaired) electrons. The van der Waals surface area contributed by atoms with E-state index in [1.807, 2.05) is 0 Å². The van der Waals surface area contributed by atoms with Gasteiger partial charge in [0.05, 0.1) is 13.7 Å². The predicted molar refractivity (Wildman–Crippen MR) is 90.8 cm³/mol. The van der Waals surface area contributed by atoms with Crippen LogP contribution in [-0.2, 0) is 6.54 Å². The summed E-state index contributed by atoms with van der Waals surface area (Å²) >= 11 is 0. The summed E-state index contributed by atoms with van der Waals surface area (Å²) in [6, 6.07) is 6.32. The molecule has 0 saturated carbocycles. The van der Waals surface area contributed by atoms with E-state index in [0.717, 1.165) is 57.3 Å². The maximum atomic E-state index is 5.87. The highest BCUT2D eigenvalue weighted by Gasteiger charge is 2.12. The maximum Gasteiger partial charge on any atom is 0.161 e. The third kappa shape index (κ3) is 5.50. The minimum atomic E-state index is 0.771. The van der Waals surface area contributed by atoms with Crippen molar-refractivity contribution in [1.82, 2.24) is 10.2 Å². The lowest BCUT2D eigenvalue weighted by molar-refractivity contribution is 0.232. The van der Waals surface area contributed by atoms with Crippen molar-refractivity contribution in [1.29, 1.82) is 0 Å². The van der Waals surface area contributed by atoms with Crippen molar-refractivity contribution in [2.75, 3.05) is 39.9 Å². The van der Waals surface area contributed by atoms with Crippen molar-refractivity contribution in [2.24, 2.45) is 0 Å². The van der Waals surface area contributed by atoms with E-state index in [4.69, 9.17) is 9.47 Å². The van der Waals surface area contributed by atoms with Crippen LogP contribution in [0.4, 0.5) is 0 Å². The van der Waals surface area contributed by atoms with E-state index in [-0.39, 0.29) is 0 Å². The molecule has 1 fully saturated rings. The highest BCUT2D eigenvalue weighted by molar-refractivity contribution is 5.43. The van der Waals surface area contributed by atoms with Gasteiger partial charge in [0.2, 0.25) is 0 Å². The molecule has 1 saturated heterocycles. The first kappa shape index (κ1) is 17.1. The Morgan fingerprint density at radius 1 is 1.09 bits per heavy atom. The molecule has 1 heterocycles. The molecule has 0 atom stereocenters. The van der Waals surface area contributed by atoms with Crippen molar-refractivity contribution in [3.63, 3.8) is 0 Å². The summed E-state index contributed by atoms with van der Waals surface area (Å²) in [5, 5.41) is 3.38. The average molecular weight is 306 g/mol. The number of hydrogen-bond donors (Lipinski definition) is 1. The van der Waals surface area contributed by atoms with E-state index in [1.54, 1.807) is 7.11 Å². The normalized spacial score (nSPS) is 15.7. The summed E-state index contributed by atoms with van der Waals surface area (Å²) < 4.78 is 11.4. The van der Waals surface area contributed by atoms with Gasteiger partial charge in [-0.2, -0.15) is 0 Å². The largest absolute Gasteiger partial charge is 0.493 e. The first-order valence-corrected chi connectivity index (χ1v) is 8.56. The predicted octanol–water partition coefficient (Wildman–Crippen LogP) is 3.06. The second kappa shape index (κ2) is 9.70. The van der Waals surface area contributed by atoms with Crippen LogP contribution in [0, 0.1) is 0 Å². The second-order valence-corrected chi connectivity index (χ2v) is 5.92. The Labute approximate surface area is 134 Å². The molecule has 0 aliphatic carbocycles. The van der Waals surface area contributed by atoms with E-state index in [1.165, 1.54) is 24.8 Å². The van der Waals surface area contributed by atoms with E-state index < -0.39 is 0 Å². The topological polar surface area (TPSA) is 33.7 Å². The Kier molecular flexibility index (Phi) is 7.54. The summed E-state index contributed by atoms with van der Waals surface area (Å²) in [4.78, 5) is 2.47. The van der Waals surface area contributed by atoms with Crippen LogP contribution in [0.15, 0.2) is 18.2 Å². The fourth-order valence-electron chi connectivity index (χ4n) is 2.77. The Morgan fingerprint density at radius 3 is 2.64 bits per heavy atom. The van der Waals surface area contributed by atoms with Gasteiger partial charge in [0, 0.05) is 32.7 Å². The number of ether oxygens (including phenoxy) is 2. The molecule has 1 N–H and O–H groups in total. The molecule has 0 aromatic heterocycles. The number of piperazine rings is 1. The van der Waals surface area contributed by atoms with Gasteiger partial charge in [-0.05, 0) is 24.1 Å². The van der Waals surface area contributed by atoms with Crippen molar-refractivity contribution in [3.05, 3.63) is 23.8 Å². The molecule has 0 spiro atoms. The van der Waals surface area contributed by atoms with Crippen LogP contribution < -0.4 is 14.8 Å². The number of rotatable bonds is 9. The molecule has 0 amide bonds. The molecule has 0 bridgehead atoms. The zero-order valence-corrected chi connectivity index (χ0v) is 14.1. The number of nitrogens with zero attached hydrogens (tertiary/aromatic N) is 1. The van der Waals surface area contributed by atoms with Gasteiger partial charge in [-0.1, -0.05) is 32.3 Å². The van der Waals surface area contributed by atoms with Crippen molar-refractivity contribution in [2.45, 2.75) is 39.2 Å². The number of methoxy groups -OCH3 is 1. The second-order valence-electron chi connectivity index (χ2n) is 5.92. The molecule has 1 aromatic rings. The van der Waals surface area contributed by atoms with Gasteiger partial charge in [0.15, 0.2) is 11.5 Å². The van der Waals surface area contributed by atoms with Crippen molar-refractivity contribution < 1.29 is 9.47 Å². The van der Waals surface area contributed by atoms with Gasteiger partial charge in [-0.15, -0.1) is 0 Å². The third-order valence-corrected chi connectivity index (χ3v) is 4.10. The van der Waals surface area contributed by atoms with Gasteiger partial charge in [0.25, 0.3) is 0 Å².